The first-order valence-corrected chi connectivity index (χ1v) is 4.66. The summed E-state index contributed by atoms with van der Waals surface area (Å²) in [6.45, 7) is 2.92. The summed E-state index contributed by atoms with van der Waals surface area (Å²) in [5.74, 6) is 0. The van der Waals surface area contributed by atoms with Gasteiger partial charge >= 0.3 is 0 Å². The molecule has 12 heavy (non-hydrogen) atoms. The van der Waals surface area contributed by atoms with Crippen LogP contribution in [-0.4, -0.2) is 0 Å². The van der Waals surface area contributed by atoms with Gasteiger partial charge in [-0.1, -0.05) is 23.2 Å². The minimum atomic E-state index is 0.325. The molecule has 0 fully saturated rings. The molecular formula is C9H9Cl2N. The fourth-order valence-corrected chi connectivity index (χ4v) is 2.19. The molecule has 1 atom stereocenters. The van der Waals surface area contributed by atoms with E-state index in [2.05, 4.69) is 12.2 Å². The highest BCUT2D eigenvalue weighted by Crippen LogP contribution is 2.35. The average molecular weight is 202 g/mol. The van der Waals surface area contributed by atoms with E-state index in [1.165, 1.54) is 0 Å². The molecule has 0 bridgehead atoms. The van der Waals surface area contributed by atoms with Gasteiger partial charge in [0.2, 0.25) is 0 Å². The summed E-state index contributed by atoms with van der Waals surface area (Å²) < 4.78 is 0. The van der Waals surface area contributed by atoms with Gasteiger partial charge in [0.05, 0.1) is 0 Å². The maximum atomic E-state index is 6.04. The van der Waals surface area contributed by atoms with Crippen molar-refractivity contribution in [3.05, 3.63) is 33.3 Å². The third kappa shape index (κ3) is 1.13. The smallest absolute Gasteiger partial charge is 0.0458 e. The first kappa shape index (κ1) is 8.36. The van der Waals surface area contributed by atoms with Gasteiger partial charge in [-0.2, -0.15) is 0 Å². The lowest BCUT2D eigenvalue weighted by atomic mass is 10.1. The minimum Gasteiger partial charge on any atom is -0.306 e. The lowest BCUT2D eigenvalue weighted by Gasteiger charge is -2.06. The molecule has 3 heteroatoms. The molecule has 0 saturated carbocycles. The molecule has 0 radical (unpaired) electrons. The van der Waals surface area contributed by atoms with Crippen LogP contribution in [0.25, 0.3) is 0 Å². The number of fused-ring (bicyclic) bond motifs is 1. The second-order valence-electron chi connectivity index (χ2n) is 3.02. The molecule has 1 aliphatic rings. The summed E-state index contributed by atoms with van der Waals surface area (Å²) in [7, 11) is 0. The molecule has 1 N–H and O–H groups in total. The van der Waals surface area contributed by atoms with E-state index in [0.717, 1.165) is 27.7 Å². The second-order valence-corrected chi connectivity index (χ2v) is 3.84. The Morgan fingerprint density at radius 3 is 2.67 bits per heavy atom. The molecule has 0 aliphatic carbocycles. The SMILES string of the molecule is CC1NCc2c(Cl)ccc(Cl)c21. The van der Waals surface area contributed by atoms with Gasteiger partial charge in [-0.3, -0.25) is 0 Å². The van der Waals surface area contributed by atoms with Crippen molar-refractivity contribution in [1.29, 1.82) is 0 Å². The molecule has 1 unspecified atom stereocenters. The van der Waals surface area contributed by atoms with Gasteiger partial charge in [0.1, 0.15) is 0 Å². The molecule has 0 saturated heterocycles. The highest BCUT2D eigenvalue weighted by Gasteiger charge is 2.22. The second kappa shape index (κ2) is 2.91. The number of halogens is 2. The number of hydrogen-bond acceptors (Lipinski definition) is 1. The Balaban J connectivity index is 2.64. The summed E-state index contributed by atoms with van der Waals surface area (Å²) in [6, 6.07) is 4.03. The molecule has 1 heterocycles. The number of benzene rings is 1. The van der Waals surface area contributed by atoms with Crippen LogP contribution >= 0.6 is 23.2 Å². The maximum absolute atomic E-state index is 6.04. The van der Waals surface area contributed by atoms with Crippen LogP contribution in [0.5, 0.6) is 0 Å². The topological polar surface area (TPSA) is 12.0 Å². The van der Waals surface area contributed by atoms with Gasteiger partial charge in [-0.05, 0) is 30.2 Å². The number of nitrogens with one attached hydrogen (secondary N) is 1. The molecule has 0 aromatic heterocycles. The third-order valence-electron chi connectivity index (χ3n) is 2.26. The zero-order chi connectivity index (χ0) is 8.72. The first-order chi connectivity index (χ1) is 5.70. The molecule has 1 nitrogen and oxygen atoms in total. The monoisotopic (exact) mass is 201 g/mol. The van der Waals surface area contributed by atoms with E-state index in [-0.39, 0.29) is 0 Å². The molecule has 0 amide bonds. The van der Waals surface area contributed by atoms with Crippen molar-refractivity contribution in [2.24, 2.45) is 0 Å². The zero-order valence-electron chi connectivity index (χ0n) is 6.70. The predicted molar refractivity (Wildman–Crippen MR) is 51.7 cm³/mol. The summed E-state index contributed by atoms with van der Waals surface area (Å²) in [4.78, 5) is 0. The number of rotatable bonds is 0. The van der Waals surface area contributed by atoms with Crippen molar-refractivity contribution >= 4 is 23.2 Å². The van der Waals surface area contributed by atoms with E-state index in [1.54, 1.807) is 0 Å². The molecule has 2 rings (SSSR count). The normalized spacial score (nSPS) is 21.1. The zero-order valence-corrected chi connectivity index (χ0v) is 8.21. The molecule has 0 spiro atoms. The Labute approximate surface area is 81.7 Å². The molecule has 1 aliphatic heterocycles. The average Bonchev–Trinajstić information content (AvgIpc) is 2.42. The third-order valence-corrected chi connectivity index (χ3v) is 2.95. The van der Waals surface area contributed by atoms with Crippen molar-refractivity contribution in [2.75, 3.05) is 0 Å². The fourth-order valence-electron chi connectivity index (χ4n) is 1.61. The van der Waals surface area contributed by atoms with Crippen LogP contribution in [-0.2, 0) is 6.54 Å². The van der Waals surface area contributed by atoms with Gasteiger partial charge in [0, 0.05) is 22.6 Å². The Kier molecular flexibility index (Phi) is 2.03. The standard InChI is InChI=1S/C9H9Cl2N/c1-5-9-6(4-12-5)7(10)2-3-8(9)11/h2-3,5,12H,4H2,1H3. The van der Waals surface area contributed by atoms with Gasteiger partial charge < -0.3 is 5.32 Å². The Hall–Kier alpha value is -0.240. The number of hydrogen-bond donors (Lipinski definition) is 1. The van der Waals surface area contributed by atoms with Crippen molar-refractivity contribution in [2.45, 2.75) is 19.5 Å². The Bertz CT molecular complexity index is 323. The van der Waals surface area contributed by atoms with Crippen LogP contribution in [0.4, 0.5) is 0 Å². The van der Waals surface area contributed by atoms with Crippen LogP contribution < -0.4 is 5.32 Å². The van der Waals surface area contributed by atoms with E-state index < -0.39 is 0 Å². The van der Waals surface area contributed by atoms with Crippen LogP contribution in [0.2, 0.25) is 10.0 Å². The quantitative estimate of drug-likeness (QED) is 0.681. The van der Waals surface area contributed by atoms with Crippen LogP contribution in [0, 0.1) is 0 Å². The van der Waals surface area contributed by atoms with Crippen LogP contribution in [0.1, 0.15) is 24.1 Å². The highest BCUT2D eigenvalue weighted by molar-refractivity contribution is 6.34. The van der Waals surface area contributed by atoms with Gasteiger partial charge in [-0.15, -0.1) is 0 Å². The first-order valence-electron chi connectivity index (χ1n) is 3.90. The van der Waals surface area contributed by atoms with Crippen molar-refractivity contribution in [1.82, 2.24) is 5.32 Å². The van der Waals surface area contributed by atoms with Gasteiger partial charge in [0.25, 0.3) is 0 Å². The van der Waals surface area contributed by atoms with E-state index in [1.807, 2.05) is 12.1 Å². The largest absolute Gasteiger partial charge is 0.306 e. The molecule has 1 aromatic carbocycles. The molecule has 1 aromatic rings. The van der Waals surface area contributed by atoms with Crippen molar-refractivity contribution in [3.8, 4) is 0 Å². The van der Waals surface area contributed by atoms with Gasteiger partial charge in [-0.25, -0.2) is 0 Å². The summed E-state index contributed by atoms with van der Waals surface area (Å²) in [5, 5.41) is 4.92. The van der Waals surface area contributed by atoms with E-state index >= 15 is 0 Å². The van der Waals surface area contributed by atoms with E-state index in [4.69, 9.17) is 23.2 Å². The lowest BCUT2D eigenvalue weighted by Crippen LogP contribution is -2.07. The summed E-state index contributed by atoms with van der Waals surface area (Å²) in [6.07, 6.45) is 0. The van der Waals surface area contributed by atoms with Crippen molar-refractivity contribution in [3.63, 3.8) is 0 Å². The molecule has 64 valence electrons. The van der Waals surface area contributed by atoms with E-state index in [9.17, 15) is 0 Å². The van der Waals surface area contributed by atoms with Crippen LogP contribution in [0.15, 0.2) is 12.1 Å². The lowest BCUT2D eigenvalue weighted by molar-refractivity contribution is 0.633. The van der Waals surface area contributed by atoms with Crippen LogP contribution in [0.3, 0.4) is 0 Å². The Morgan fingerprint density at radius 2 is 2.00 bits per heavy atom. The maximum Gasteiger partial charge on any atom is 0.0458 e. The summed E-state index contributed by atoms with van der Waals surface area (Å²) in [5.41, 5.74) is 2.31. The summed E-state index contributed by atoms with van der Waals surface area (Å²) >= 11 is 12.0. The van der Waals surface area contributed by atoms with E-state index in [0.29, 0.717) is 6.04 Å². The molecular weight excluding hydrogens is 193 g/mol. The van der Waals surface area contributed by atoms with Crippen molar-refractivity contribution < 1.29 is 0 Å². The predicted octanol–water partition coefficient (Wildman–Crippen LogP) is 3.16. The fraction of sp³-hybridized carbons (Fsp3) is 0.333. The van der Waals surface area contributed by atoms with Gasteiger partial charge in [0.15, 0.2) is 0 Å². The Morgan fingerprint density at radius 1 is 1.33 bits per heavy atom. The highest BCUT2D eigenvalue weighted by atomic mass is 35.5. The minimum absolute atomic E-state index is 0.325.